The van der Waals surface area contributed by atoms with Crippen LogP contribution in [0, 0.1) is 0 Å². The van der Waals surface area contributed by atoms with Crippen molar-refractivity contribution in [2.24, 2.45) is 0 Å². The Balaban J connectivity index is 1.58. The average Bonchev–Trinajstić information content (AvgIpc) is 3.27. The van der Waals surface area contributed by atoms with Gasteiger partial charge in [0, 0.05) is 5.69 Å². The molecule has 2 aromatic heterocycles. The second kappa shape index (κ2) is 10.1. The van der Waals surface area contributed by atoms with Crippen LogP contribution in [0.4, 0.5) is 11.5 Å². The smallest absolute Gasteiger partial charge is 0.234 e. The molecule has 0 radical (unpaired) electrons. The Hall–Kier alpha value is -2.43. The molecular formula is C20H22N4O3S3. The fourth-order valence-electron chi connectivity index (χ4n) is 2.63. The third kappa shape index (κ3) is 5.59. The number of aromatic nitrogens is 2. The Morgan fingerprint density at radius 3 is 2.63 bits per heavy atom. The maximum Gasteiger partial charge on any atom is 0.234 e. The van der Waals surface area contributed by atoms with E-state index in [-0.39, 0.29) is 31.7 Å². The van der Waals surface area contributed by atoms with Gasteiger partial charge in [-0.05, 0) is 42.0 Å². The van der Waals surface area contributed by atoms with Crippen molar-refractivity contribution in [2.45, 2.75) is 40.4 Å². The molecule has 1 aromatic carbocycles. The van der Waals surface area contributed by atoms with Crippen molar-refractivity contribution in [3.05, 3.63) is 53.5 Å². The molecule has 3 N–H and O–H groups in total. The second-order valence-corrected chi connectivity index (χ2v) is 10.5. The van der Waals surface area contributed by atoms with Gasteiger partial charge in [-0.2, -0.15) is 0 Å². The summed E-state index contributed by atoms with van der Waals surface area (Å²) < 4.78 is 25.3. The monoisotopic (exact) mass is 462 g/mol. The van der Waals surface area contributed by atoms with Crippen molar-refractivity contribution >= 4 is 50.3 Å². The van der Waals surface area contributed by atoms with E-state index < -0.39 is 9.84 Å². The number of nitrogens with one attached hydrogen (secondary N) is 1. The summed E-state index contributed by atoms with van der Waals surface area (Å²) in [5, 5.41) is 4.73. The normalized spacial score (nSPS) is 11.4. The zero-order chi connectivity index (χ0) is 21.6. The fraction of sp³-hybridized carbons (Fsp3) is 0.250. The highest BCUT2D eigenvalue weighted by Gasteiger charge is 2.23. The Labute approximate surface area is 184 Å². The molecule has 0 fully saturated rings. The summed E-state index contributed by atoms with van der Waals surface area (Å²) in [6, 6.07) is 10.9. The lowest BCUT2D eigenvalue weighted by atomic mass is 10.1. The molecule has 158 valence electrons. The number of thiophene rings is 1. The van der Waals surface area contributed by atoms with E-state index in [2.05, 4.69) is 22.2 Å². The highest BCUT2D eigenvalue weighted by molar-refractivity contribution is 7.99. The minimum absolute atomic E-state index is 0.0774. The lowest BCUT2D eigenvalue weighted by Crippen LogP contribution is -2.14. The van der Waals surface area contributed by atoms with Crippen LogP contribution in [0.1, 0.15) is 25.3 Å². The predicted molar refractivity (Wildman–Crippen MR) is 121 cm³/mol. The summed E-state index contributed by atoms with van der Waals surface area (Å²) in [6.07, 6.45) is 4.49. The van der Waals surface area contributed by atoms with Gasteiger partial charge < -0.3 is 11.1 Å². The molecule has 0 saturated heterocycles. The minimum atomic E-state index is -3.74. The van der Waals surface area contributed by atoms with Crippen molar-refractivity contribution in [1.29, 1.82) is 0 Å². The number of aryl methyl sites for hydroxylation is 1. The van der Waals surface area contributed by atoms with Crippen LogP contribution in [0.2, 0.25) is 0 Å². The van der Waals surface area contributed by atoms with E-state index in [1.165, 1.54) is 17.8 Å². The van der Waals surface area contributed by atoms with Gasteiger partial charge >= 0.3 is 0 Å². The first-order valence-corrected chi connectivity index (χ1v) is 12.7. The van der Waals surface area contributed by atoms with Gasteiger partial charge in [0.25, 0.3) is 0 Å². The first kappa shape index (κ1) is 22.3. The number of rotatable bonds is 9. The van der Waals surface area contributed by atoms with Crippen LogP contribution in [0.25, 0.3) is 0 Å². The van der Waals surface area contributed by atoms with Crippen molar-refractivity contribution in [3.8, 4) is 0 Å². The summed E-state index contributed by atoms with van der Waals surface area (Å²) in [6.45, 7) is 2.15. The van der Waals surface area contributed by atoms with E-state index in [0.29, 0.717) is 0 Å². The largest absolute Gasteiger partial charge is 0.382 e. The molecule has 10 heteroatoms. The highest BCUT2D eigenvalue weighted by atomic mass is 32.2. The number of hydrogen-bond acceptors (Lipinski definition) is 8. The summed E-state index contributed by atoms with van der Waals surface area (Å²) in [5.74, 6) is -0.267. The SMILES string of the molecule is CCCCc1ccc(NC(=O)CSc2ncc(S(=O)(=O)c3cccs3)c(N)n2)cc1. The van der Waals surface area contributed by atoms with Crippen molar-refractivity contribution < 1.29 is 13.2 Å². The number of thioether (sulfide) groups is 1. The summed E-state index contributed by atoms with van der Waals surface area (Å²) in [7, 11) is -3.74. The number of unbranched alkanes of at least 4 members (excludes halogenated alkanes) is 1. The Kier molecular flexibility index (Phi) is 7.46. The first-order chi connectivity index (χ1) is 14.4. The van der Waals surface area contributed by atoms with Gasteiger partial charge in [0.15, 0.2) is 5.16 Å². The molecule has 3 aromatic rings. The van der Waals surface area contributed by atoms with Crippen molar-refractivity contribution in [3.63, 3.8) is 0 Å². The number of amides is 1. The summed E-state index contributed by atoms with van der Waals surface area (Å²) in [4.78, 5) is 20.2. The molecule has 2 heterocycles. The van der Waals surface area contributed by atoms with E-state index in [9.17, 15) is 13.2 Å². The molecule has 7 nitrogen and oxygen atoms in total. The zero-order valence-electron chi connectivity index (χ0n) is 16.4. The van der Waals surface area contributed by atoms with E-state index >= 15 is 0 Å². The van der Waals surface area contributed by atoms with E-state index in [1.54, 1.807) is 11.4 Å². The second-order valence-electron chi connectivity index (χ2n) is 6.47. The van der Waals surface area contributed by atoms with E-state index in [0.717, 1.165) is 48.0 Å². The number of anilines is 2. The Morgan fingerprint density at radius 2 is 2.00 bits per heavy atom. The molecule has 0 spiro atoms. The standard InChI is InChI=1S/C20H22N4O3S3/c1-2-3-5-14-7-9-15(10-8-14)23-17(25)13-29-20-22-12-16(19(21)24-20)30(26,27)18-6-4-11-28-18/h4,6-12H,2-3,5,13H2,1H3,(H,23,25)(H2,21,22,24). The van der Waals surface area contributed by atoms with E-state index in [1.807, 2.05) is 24.3 Å². The minimum Gasteiger partial charge on any atom is -0.382 e. The number of benzene rings is 1. The highest BCUT2D eigenvalue weighted by Crippen LogP contribution is 2.28. The zero-order valence-corrected chi connectivity index (χ0v) is 18.8. The molecule has 30 heavy (non-hydrogen) atoms. The fourth-order valence-corrected chi connectivity index (χ4v) is 5.63. The number of nitrogens with two attached hydrogens (primary N) is 1. The topological polar surface area (TPSA) is 115 Å². The van der Waals surface area contributed by atoms with E-state index in [4.69, 9.17) is 5.73 Å². The number of nitrogen functional groups attached to an aromatic ring is 1. The molecule has 0 aliphatic heterocycles. The molecule has 0 saturated carbocycles. The van der Waals surface area contributed by atoms with Gasteiger partial charge in [-0.25, -0.2) is 18.4 Å². The lowest BCUT2D eigenvalue weighted by Gasteiger charge is -2.08. The molecule has 3 rings (SSSR count). The van der Waals surface area contributed by atoms with Gasteiger partial charge in [0.1, 0.15) is 14.9 Å². The van der Waals surface area contributed by atoms with Crippen LogP contribution in [0.5, 0.6) is 0 Å². The summed E-state index contributed by atoms with van der Waals surface area (Å²) in [5.41, 5.74) is 7.82. The van der Waals surface area contributed by atoms with Crippen LogP contribution in [-0.2, 0) is 21.1 Å². The quantitative estimate of drug-likeness (QED) is 0.364. The first-order valence-electron chi connectivity index (χ1n) is 9.33. The van der Waals surface area contributed by atoms with Gasteiger partial charge in [0.2, 0.25) is 15.7 Å². The molecule has 0 bridgehead atoms. The molecule has 0 aliphatic rings. The molecule has 0 unspecified atom stereocenters. The van der Waals surface area contributed by atoms with Crippen molar-refractivity contribution in [1.82, 2.24) is 9.97 Å². The molecule has 0 atom stereocenters. The third-order valence-corrected chi connectivity index (χ3v) is 8.23. The van der Waals surface area contributed by atoms with Crippen molar-refractivity contribution in [2.75, 3.05) is 16.8 Å². The Bertz CT molecular complexity index is 1100. The van der Waals surface area contributed by atoms with Gasteiger partial charge in [-0.15, -0.1) is 11.3 Å². The molecule has 0 aliphatic carbocycles. The average molecular weight is 463 g/mol. The van der Waals surface area contributed by atoms with Gasteiger partial charge in [-0.3, -0.25) is 4.79 Å². The number of hydrogen-bond donors (Lipinski definition) is 2. The number of nitrogens with zero attached hydrogens (tertiary/aromatic N) is 2. The maximum atomic E-state index is 12.6. The molecule has 1 amide bonds. The third-order valence-electron chi connectivity index (χ3n) is 4.20. The van der Waals surface area contributed by atoms with Crippen LogP contribution < -0.4 is 11.1 Å². The van der Waals surface area contributed by atoms with Gasteiger partial charge in [-0.1, -0.05) is 43.3 Å². The summed E-state index contributed by atoms with van der Waals surface area (Å²) >= 11 is 2.19. The number of sulfone groups is 1. The van der Waals surface area contributed by atoms with Crippen LogP contribution in [0.3, 0.4) is 0 Å². The number of carbonyl (C=O) groups is 1. The lowest BCUT2D eigenvalue weighted by molar-refractivity contribution is -0.113. The van der Waals surface area contributed by atoms with Gasteiger partial charge in [0.05, 0.1) is 11.9 Å². The van der Waals surface area contributed by atoms with Crippen LogP contribution in [-0.4, -0.2) is 30.0 Å². The maximum absolute atomic E-state index is 12.6. The number of carbonyl (C=O) groups excluding carboxylic acids is 1. The molecular weight excluding hydrogens is 440 g/mol. The van der Waals surface area contributed by atoms with Crippen LogP contribution in [0.15, 0.2) is 62.2 Å². The Morgan fingerprint density at radius 1 is 1.23 bits per heavy atom. The predicted octanol–water partition coefficient (Wildman–Crippen LogP) is 4.03. The van der Waals surface area contributed by atoms with Crippen LogP contribution >= 0.6 is 23.1 Å².